The van der Waals surface area contributed by atoms with Gasteiger partial charge in [-0.05, 0) is 31.0 Å². The van der Waals surface area contributed by atoms with Crippen molar-refractivity contribution in [3.63, 3.8) is 0 Å². The van der Waals surface area contributed by atoms with Crippen LogP contribution in [0.25, 0.3) is 0 Å². The highest BCUT2D eigenvalue weighted by Crippen LogP contribution is 2.35. The number of benzene rings is 1. The number of carbonyl (C=O) groups excluding carboxylic acids is 1. The number of hydrogen-bond donors (Lipinski definition) is 1. The Bertz CT molecular complexity index is 1110. The number of hydrogen-bond acceptors (Lipinski definition) is 6. The van der Waals surface area contributed by atoms with E-state index in [1.54, 1.807) is 25.2 Å². The molecule has 9 nitrogen and oxygen atoms in total. The second-order valence-electron chi connectivity index (χ2n) is 8.71. The lowest BCUT2D eigenvalue weighted by Crippen LogP contribution is -2.62. The molecule has 1 aromatic heterocycles. The highest BCUT2D eigenvalue weighted by Gasteiger charge is 2.41. The Hall–Kier alpha value is -1.43. The van der Waals surface area contributed by atoms with Crippen LogP contribution in [0.4, 0.5) is 0 Å². The van der Waals surface area contributed by atoms with Crippen LogP contribution in [0, 0.1) is 0 Å². The Kier molecular flexibility index (Phi) is 8.86. The van der Waals surface area contributed by atoms with Crippen molar-refractivity contribution in [2.24, 2.45) is 7.05 Å². The first-order chi connectivity index (χ1) is 15.7. The van der Waals surface area contributed by atoms with Crippen LogP contribution in [0.3, 0.4) is 0 Å². The van der Waals surface area contributed by atoms with Crippen molar-refractivity contribution in [1.29, 1.82) is 0 Å². The Morgan fingerprint density at radius 1 is 1.12 bits per heavy atom. The van der Waals surface area contributed by atoms with E-state index in [-0.39, 0.29) is 28.9 Å². The van der Waals surface area contributed by atoms with Gasteiger partial charge in [0.15, 0.2) is 0 Å². The van der Waals surface area contributed by atoms with Crippen molar-refractivity contribution in [3.8, 4) is 0 Å². The molecule has 2 fully saturated rings. The van der Waals surface area contributed by atoms with Gasteiger partial charge in [-0.3, -0.25) is 14.4 Å². The second kappa shape index (κ2) is 11.1. The fourth-order valence-corrected chi connectivity index (χ4v) is 6.64. The van der Waals surface area contributed by atoms with Crippen molar-refractivity contribution in [2.45, 2.75) is 42.7 Å². The molecule has 0 atom stereocenters. The quantitative estimate of drug-likeness (QED) is 0.592. The summed E-state index contributed by atoms with van der Waals surface area (Å²) in [4.78, 5) is 15.2. The van der Waals surface area contributed by atoms with Gasteiger partial charge in [0.2, 0.25) is 5.03 Å². The molecule has 2 aliphatic rings. The van der Waals surface area contributed by atoms with E-state index in [0.29, 0.717) is 48.3 Å². The van der Waals surface area contributed by atoms with Gasteiger partial charge in [-0.25, -0.2) is 8.42 Å². The third-order valence-corrected chi connectivity index (χ3v) is 8.94. The van der Waals surface area contributed by atoms with Crippen molar-refractivity contribution < 1.29 is 13.2 Å². The lowest BCUT2D eigenvalue weighted by atomic mass is 9.79. The van der Waals surface area contributed by atoms with Gasteiger partial charge in [0, 0.05) is 50.3 Å². The molecule has 1 saturated heterocycles. The summed E-state index contributed by atoms with van der Waals surface area (Å²) in [7, 11) is -2.03. The lowest BCUT2D eigenvalue weighted by molar-refractivity contribution is 0.0239. The average molecular weight is 552 g/mol. The second-order valence-corrected chi connectivity index (χ2v) is 11.4. The van der Waals surface area contributed by atoms with E-state index in [4.69, 9.17) is 23.2 Å². The molecular formula is C21H29Cl3N6O3S. The molecule has 1 N–H and O–H groups in total. The van der Waals surface area contributed by atoms with Gasteiger partial charge in [0.25, 0.3) is 15.9 Å². The van der Waals surface area contributed by atoms with Crippen molar-refractivity contribution in [2.75, 3.05) is 32.7 Å². The normalized spacial score (nSPS) is 19.4. The van der Waals surface area contributed by atoms with E-state index >= 15 is 0 Å². The minimum atomic E-state index is -3.67. The third kappa shape index (κ3) is 5.68. The summed E-state index contributed by atoms with van der Waals surface area (Å²) in [6.45, 7) is 2.42. The van der Waals surface area contributed by atoms with Crippen LogP contribution in [-0.4, -0.2) is 76.8 Å². The fraction of sp³-hybridized carbons (Fsp3) is 0.571. The third-order valence-electron chi connectivity index (χ3n) is 6.63. The first kappa shape index (κ1) is 27.2. The fourth-order valence-electron chi connectivity index (χ4n) is 4.81. The molecule has 2 aromatic rings. The number of halogens is 3. The molecule has 0 radical (unpaired) electrons. The molecule has 1 aliphatic heterocycles. The molecule has 1 aromatic carbocycles. The van der Waals surface area contributed by atoms with Crippen molar-refractivity contribution in [1.82, 2.24) is 29.5 Å². The zero-order valence-corrected chi connectivity index (χ0v) is 22.1. The maximum Gasteiger partial charge on any atom is 0.264 e. The van der Waals surface area contributed by atoms with E-state index in [0.717, 1.165) is 25.7 Å². The Morgan fingerprint density at radius 3 is 2.38 bits per heavy atom. The van der Waals surface area contributed by atoms with Gasteiger partial charge >= 0.3 is 0 Å². The molecule has 4 rings (SSSR count). The number of piperazine rings is 1. The minimum Gasteiger partial charge on any atom is -0.350 e. The predicted molar refractivity (Wildman–Crippen MR) is 133 cm³/mol. The summed E-state index contributed by atoms with van der Waals surface area (Å²) in [5.41, 5.74) is 0.196. The number of carbonyl (C=O) groups is 1. The molecule has 34 heavy (non-hydrogen) atoms. The summed E-state index contributed by atoms with van der Waals surface area (Å²) < 4.78 is 28.7. The van der Waals surface area contributed by atoms with Gasteiger partial charge in [0.05, 0.1) is 16.8 Å². The maximum atomic E-state index is 12.9. The molecule has 2 heterocycles. The number of nitrogens with zero attached hydrogens (tertiary/aromatic N) is 5. The zero-order chi connectivity index (χ0) is 23.6. The Labute approximate surface area is 216 Å². The topological polar surface area (TPSA) is 100 Å². The van der Waals surface area contributed by atoms with E-state index in [1.807, 2.05) is 0 Å². The Morgan fingerprint density at radius 2 is 1.79 bits per heavy atom. The first-order valence-electron chi connectivity index (χ1n) is 11.1. The number of amides is 1. The molecule has 188 valence electrons. The van der Waals surface area contributed by atoms with Gasteiger partial charge in [-0.1, -0.05) is 47.7 Å². The predicted octanol–water partition coefficient (Wildman–Crippen LogP) is 2.98. The number of aromatic nitrogens is 3. The smallest absolute Gasteiger partial charge is 0.264 e. The molecule has 1 aliphatic carbocycles. The summed E-state index contributed by atoms with van der Waals surface area (Å²) in [6, 6.07) is 4.84. The van der Waals surface area contributed by atoms with E-state index in [1.165, 1.54) is 21.6 Å². The van der Waals surface area contributed by atoms with Crippen LogP contribution in [0.2, 0.25) is 10.0 Å². The first-order valence-corrected chi connectivity index (χ1v) is 13.3. The lowest BCUT2D eigenvalue weighted by Gasteiger charge is -2.49. The van der Waals surface area contributed by atoms with Crippen LogP contribution in [-0.2, 0) is 17.1 Å². The number of nitrogens with one attached hydrogen (secondary N) is 1. The molecule has 0 spiro atoms. The van der Waals surface area contributed by atoms with E-state index in [2.05, 4.69) is 20.5 Å². The highest BCUT2D eigenvalue weighted by molar-refractivity contribution is 7.89. The largest absolute Gasteiger partial charge is 0.350 e. The number of rotatable bonds is 6. The Balaban J connectivity index is 0.00000324. The van der Waals surface area contributed by atoms with E-state index in [9.17, 15) is 13.2 Å². The summed E-state index contributed by atoms with van der Waals surface area (Å²) >= 11 is 12.2. The van der Waals surface area contributed by atoms with Gasteiger partial charge in [0.1, 0.15) is 0 Å². The van der Waals surface area contributed by atoms with Crippen LogP contribution in [0.5, 0.6) is 0 Å². The van der Waals surface area contributed by atoms with Crippen LogP contribution >= 0.6 is 35.6 Å². The maximum absolute atomic E-state index is 12.9. The zero-order valence-electron chi connectivity index (χ0n) is 18.9. The van der Waals surface area contributed by atoms with Gasteiger partial charge in [-0.2, -0.15) is 4.31 Å². The van der Waals surface area contributed by atoms with Crippen LogP contribution in [0.15, 0.2) is 29.4 Å². The van der Waals surface area contributed by atoms with Crippen LogP contribution < -0.4 is 5.32 Å². The number of sulfonamides is 1. The summed E-state index contributed by atoms with van der Waals surface area (Å²) in [6.07, 6.45) is 6.66. The molecule has 13 heteroatoms. The van der Waals surface area contributed by atoms with Gasteiger partial charge < -0.3 is 5.32 Å². The van der Waals surface area contributed by atoms with Gasteiger partial charge in [-0.15, -0.1) is 17.5 Å². The SMILES string of the molecule is Cl.Cn1cc(S(=O)(=O)N2CCN(C3(CNC(=O)c4ccc(Cl)cc4Cl)CCCCC3)CC2)nn1. The van der Waals surface area contributed by atoms with Crippen molar-refractivity contribution in [3.05, 3.63) is 40.0 Å². The molecule has 1 amide bonds. The molecule has 0 unspecified atom stereocenters. The molecular weight excluding hydrogens is 523 g/mol. The summed E-state index contributed by atoms with van der Waals surface area (Å²) in [5.74, 6) is -0.231. The highest BCUT2D eigenvalue weighted by atomic mass is 35.5. The summed E-state index contributed by atoms with van der Waals surface area (Å²) in [5, 5.41) is 11.4. The average Bonchev–Trinajstić information content (AvgIpc) is 3.25. The number of aryl methyl sites for hydroxylation is 1. The van der Waals surface area contributed by atoms with Crippen molar-refractivity contribution >= 4 is 51.5 Å². The standard InChI is InChI=1S/C21H28Cl2N6O3S.ClH/c1-27-14-19(25-26-27)33(31,32)29-11-9-28(10-12-29)21(7-3-2-4-8-21)15-24-20(30)17-6-5-16(22)13-18(17)23;/h5-6,13-14H,2-4,7-12,15H2,1H3,(H,24,30);1H. The molecule has 1 saturated carbocycles. The molecule has 0 bridgehead atoms. The monoisotopic (exact) mass is 550 g/mol. The van der Waals surface area contributed by atoms with Crippen LogP contribution in [0.1, 0.15) is 42.5 Å². The van der Waals surface area contributed by atoms with E-state index < -0.39 is 10.0 Å². The minimum absolute atomic E-state index is 0.